The molecule has 1 unspecified atom stereocenters. The summed E-state index contributed by atoms with van der Waals surface area (Å²) in [6.07, 6.45) is 2.06. The third kappa shape index (κ3) is 1.81. The van der Waals surface area contributed by atoms with Gasteiger partial charge < -0.3 is 4.74 Å². The fourth-order valence-electron chi connectivity index (χ4n) is 0.878. The van der Waals surface area contributed by atoms with Crippen molar-refractivity contribution < 1.29 is 9.53 Å². The zero-order valence-corrected chi connectivity index (χ0v) is 7.26. The fraction of sp³-hybridized carbons (Fsp3) is 0.833. The van der Waals surface area contributed by atoms with E-state index in [0.717, 1.165) is 17.3 Å². The van der Waals surface area contributed by atoms with Crippen LogP contribution < -0.4 is 0 Å². The van der Waals surface area contributed by atoms with Crippen LogP contribution in [0, 0.1) is 5.92 Å². The van der Waals surface area contributed by atoms with Crippen LogP contribution in [-0.4, -0.2) is 17.0 Å². The summed E-state index contributed by atoms with van der Waals surface area (Å²) in [4.78, 5) is 10.8. The van der Waals surface area contributed by atoms with E-state index < -0.39 is 0 Å². The molecule has 0 bridgehead atoms. The molecular weight excluding hydrogens is 231 g/mol. The smallest absolute Gasteiger partial charge is 0.309 e. The predicted octanol–water partition coefficient (Wildman–Crippen LogP) is 1.37. The average Bonchev–Trinajstić information content (AvgIpc) is 1.89. The van der Waals surface area contributed by atoms with Gasteiger partial charge in [-0.2, -0.15) is 0 Å². The second-order valence-corrected chi connectivity index (χ2v) is 3.04. The third-order valence-corrected chi connectivity index (χ3v) is 2.52. The van der Waals surface area contributed by atoms with Crippen LogP contribution in [0.25, 0.3) is 0 Å². The number of rotatable bonds is 1. The van der Waals surface area contributed by atoms with E-state index in [9.17, 15) is 4.79 Å². The lowest BCUT2D eigenvalue weighted by Gasteiger charge is -2.18. The quantitative estimate of drug-likeness (QED) is 0.393. The Morgan fingerprint density at radius 1 is 1.78 bits per heavy atom. The van der Waals surface area contributed by atoms with Gasteiger partial charge in [0, 0.05) is 4.43 Å². The Kier molecular flexibility index (Phi) is 2.75. The Bertz CT molecular complexity index is 114. The average molecular weight is 240 g/mol. The lowest BCUT2D eigenvalue weighted by atomic mass is 10.0. The van der Waals surface area contributed by atoms with E-state index in [0.29, 0.717) is 6.61 Å². The monoisotopic (exact) mass is 240 g/mol. The van der Waals surface area contributed by atoms with Crippen LogP contribution in [-0.2, 0) is 9.53 Å². The van der Waals surface area contributed by atoms with Crippen molar-refractivity contribution in [3.8, 4) is 0 Å². The van der Waals surface area contributed by atoms with Gasteiger partial charge in [0.25, 0.3) is 0 Å². The van der Waals surface area contributed by atoms with Gasteiger partial charge in [0.1, 0.15) is 0 Å². The number of halogens is 1. The Labute approximate surface area is 68.1 Å². The van der Waals surface area contributed by atoms with Crippen molar-refractivity contribution in [1.29, 1.82) is 0 Å². The van der Waals surface area contributed by atoms with Crippen LogP contribution >= 0.6 is 22.6 Å². The number of hydrogen-bond acceptors (Lipinski definition) is 2. The zero-order chi connectivity index (χ0) is 6.69. The molecule has 1 aliphatic rings. The minimum atomic E-state index is -0.00403. The second-order valence-electron chi connectivity index (χ2n) is 2.16. The van der Waals surface area contributed by atoms with Gasteiger partial charge in [-0.15, -0.1) is 0 Å². The van der Waals surface area contributed by atoms with E-state index in [-0.39, 0.29) is 11.9 Å². The summed E-state index contributed by atoms with van der Waals surface area (Å²) >= 11 is 2.22. The molecule has 1 heterocycles. The van der Waals surface area contributed by atoms with E-state index in [2.05, 4.69) is 22.6 Å². The van der Waals surface area contributed by atoms with Gasteiger partial charge in [-0.3, -0.25) is 4.79 Å². The first kappa shape index (κ1) is 7.31. The summed E-state index contributed by atoms with van der Waals surface area (Å²) in [5.74, 6) is 0.176. The molecule has 1 aliphatic heterocycles. The lowest BCUT2D eigenvalue weighted by Crippen LogP contribution is -2.24. The molecule has 0 aromatic heterocycles. The molecule has 0 radical (unpaired) electrons. The number of carbonyl (C=O) groups is 1. The van der Waals surface area contributed by atoms with Crippen molar-refractivity contribution in [2.75, 3.05) is 11.0 Å². The molecule has 2 nitrogen and oxygen atoms in total. The molecule has 1 saturated heterocycles. The summed E-state index contributed by atoms with van der Waals surface area (Å²) in [6, 6.07) is 0. The summed E-state index contributed by atoms with van der Waals surface area (Å²) in [5.41, 5.74) is 0. The molecule has 1 atom stereocenters. The van der Waals surface area contributed by atoms with Gasteiger partial charge in [-0.05, 0) is 12.8 Å². The van der Waals surface area contributed by atoms with Crippen LogP contribution in [0.5, 0.6) is 0 Å². The van der Waals surface area contributed by atoms with Crippen molar-refractivity contribution in [2.24, 2.45) is 5.92 Å². The first-order chi connectivity index (χ1) is 4.34. The van der Waals surface area contributed by atoms with Gasteiger partial charge in [0.05, 0.1) is 12.5 Å². The van der Waals surface area contributed by atoms with Crippen molar-refractivity contribution in [1.82, 2.24) is 0 Å². The molecule has 1 fully saturated rings. The number of carbonyl (C=O) groups excluding carboxylic acids is 1. The second kappa shape index (κ2) is 3.39. The standard InChI is InChI=1S/C6H9IO2/c7-4-5-2-1-3-9-6(5)8/h5H,1-4H2. The molecule has 9 heavy (non-hydrogen) atoms. The SMILES string of the molecule is O=C1OCCCC1CI. The number of esters is 1. The van der Waals surface area contributed by atoms with Crippen molar-refractivity contribution in [3.63, 3.8) is 0 Å². The number of alkyl halides is 1. The normalized spacial score (nSPS) is 27.7. The molecule has 0 aromatic rings. The first-order valence-electron chi connectivity index (χ1n) is 3.07. The fourth-order valence-corrected chi connectivity index (χ4v) is 1.68. The van der Waals surface area contributed by atoms with E-state index in [1.165, 1.54) is 0 Å². The van der Waals surface area contributed by atoms with Gasteiger partial charge in [0.15, 0.2) is 0 Å². The maximum absolute atomic E-state index is 10.8. The molecule has 0 aromatic carbocycles. The maximum atomic E-state index is 10.8. The highest BCUT2D eigenvalue weighted by molar-refractivity contribution is 14.1. The van der Waals surface area contributed by atoms with Gasteiger partial charge >= 0.3 is 5.97 Å². The first-order valence-corrected chi connectivity index (χ1v) is 4.59. The largest absolute Gasteiger partial charge is 0.465 e. The number of cyclic esters (lactones) is 1. The Morgan fingerprint density at radius 3 is 3.00 bits per heavy atom. The molecule has 3 heteroatoms. The topological polar surface area (TPSA) is 26.3 Å². The molecular formula is C6H9IO2. The van der Waals surface area contributed by atoms with Crippen LogP contribution in [0.4, 0.5) is 0 Å². The van der Waals surface area contributed by atoms with Crippen LogP contribution in [0.2, 0.25) is 0 Å². The molecule has 0 aliphatic carbocycles. The summed E-state index contributed by atoms with van der Waals surface area (Å²) in [7, 11) is 0. The highest BCUT2D eigenvalue weighted by Gasteiger charge is 2.21. The summed E-state index contributed by atoms with van der Waals surface area (Å²) < 4.78 is 5.74. The van der Waals surface area contributed by atoms with Crippen molar-refractivity contribution >= 4 is 28.6 Å². The van der Waals surface area contributed by atoms with Crippen LogP contribution in [0.15, 0.2) is 0 Å². The highest BCUT2D eigenvalue weighted by atomic mass is 127. The zero-order valence-electron chi connectivity index (χ0n) is 5.10. The summed E-state index contributed by atoms with van der Waals surface area (Å²) in [5, 5.41) is 0. The van der Waals surface area contributed by atoms with Crippen molar-refractivity contribution in [2.45, 2.75) is 12.8 Å². The Morgan fingerprint density at radius 2 is 2.56 bits per heavy atom. The molecule has 1 rings (SSSR count). The van der Waals surface area contributed by atoms with Gasteiger partial charge in [-0.1, -0.05) is 22.6 Å². The minimum Gasteiger partial charge on any atom is -0.465 e. The molecule has 52 valence electrons. The molecule has 0 amide bonds. The van der Waals surface area contributed by atoms with Crippen molar-refractivity contribution in [3.05, 3.63) is 0 Å². The lowest BCUT2D eigenvalue weighted by molar-refractivity contribution is -0.151. The molecule has 0 saturated carbocycles. The Balaban J connectivity index is 2.39. The summed E-state index contributed by atoms with van der Waals surface area (Å²) in [6.45, 7) is 0.631. The molecule has 0 N–H and O–H groups in total. The van der Waals surface area contributed by atoms with E-state index in [1.807, 2.05) is 0 Å². The highest BCUT2D eigenvalue weighted by Crippen LogP contribution is 2.16. The molecule has 0 spiro atoms. The van der Waals surface area contributed by atoms with E-state index >= 15 is 0 Å². The number of ether oxygens (including phenoxy) is 1. The van der Waals surface area contributed by atoms with Crippen LogP contribution in [0.3, 0.4) is 0 Å². The van der Waals surface area contributed by atoms with E-state index in [4.69, 9.17) is 4.74 Å². The van der Waals surface area contributed by atoms with Gasteiger partial charge in [-0.25, -0.2) is 0 Å². The minimum absolute atomic E-state index is 0.00403. The number of hydrogen-bond donors (Lipinski definition) is 0. The predicted molar refractivity (Wildman–Crippen MR) is 42.6 cm³/mol. The van der Waals surface area contributed by atoms with Crippen LogP contribution in [0.1, 0.15) is 12.8 Å². The van der Waals surface area contributed by atoms with E-state index in [1.54, 1.807) is 0 Å². The maximum Gasteiger partial charge on any atom is 0.309 e. The Hall–Kier alpha value is 0.200. The van der Waals surface area contributed by atoms with Gasteiger partial charge in [0.2, 0.25) is 0 Å². The third-order valence-electron chi connectivity index (χ3n) is 1.46.